The average molecular weight is 292 g/mol. The van der Waals surface area contributed by atoms with Gasteiger partial charge in [-0.2, -0.15) is 0 Å². The molecule has 122 valence electrons. The molecule has 4 rings (SSSR count). The molecule has 21 heavy (non-hydrogen) atoms. The van der Waals surface area contributed by atoms with Crippen molar-refractivity contribution in [1.29, 1.82) is 0 Å². The lowest BCUT2D eigenvalue weighted by atomic mass is 9.48. The molecule has 0 aromatic heterocycles. The molecular formula is C20H37N. The third kappa shape index (κ3) is 4.24. The van der Waals surface area contributed by atoms with Crippen molar-refractivity contribution in [2.45, 2.75) is 96.3 Å². The highest BCUT2D eigenvalue weighted by Gasteiger charge is 2.50. The van der Waals surface area contributed by atoms with Crippen LogP contribution in [0.1, 0.15) is 96.3 Å². The molecule has 4 bridgehead atoms. The number of unbranched alkanes of at least 4 members (excludes halogenated alkanes) is 7. The highest BCUT2D eigenvalue weighted by atomic mass is 14.5. The van der Waals surface area contributed by atoms with Crippen molar-refractivity contribution >= 4 is 0 Å². The molecule has 1 nitrogen and oxygen atoms in total. The summed E-state index contributed by atoms with van der Waals surface area (Å²) >= 11 is 0. The van der Waals surface area contributed by atoms with E-state index in [0.29, 0.717) is 0 Å². The van der Waals surface area contributed by atoms with Gasteiger partial charge in [-0.15, -0.1) is 0 Å². The van der Waals surface area contributed by atoms with E-state index in [4.69, 9.17) is 5.73 Å². The van der Waals surface area contributed by atoms with E-state index in [-0.39, 0.29) is 0 Å². The lowest BCUT2D eigenvalue weighted by Gasteiger charge is -2.57. The zero-order chi connectivity index (χ0) is 14.5. The van der Waals surface area contributed by atoms with Crippen molar-refractivity contribution in [2.24, 2.45) is 28.9 Å². The molecule has 0 aromatic carbocycles. The van der Waals surface area contributed by atoms with E-state index in [1.54, 1.807) is 44.9 Å². The largest absolute Gasteiger partial charge is 0.330 e. The maximum atomic E-state index is 5.53. The summed E-state index contributed by atoms with van der Waals surface area (Å²) in [6, 6.07) is 0. The van der Waals surface area contributed by atoms with Crippen LogP contribution in [0.2, 0.25) is 0 Å². The molecule has 0 aliphatic heterocycles. The minimum Gasteiger partial charge on any atom is -0.330 e. The van der Waals surface area contributed by atoms with Crippen LogP contribution in [0.3, 0.4) is 0 Å². The Kier molecular flexibility index (Phi) is 5.65. The summed E-state index contributed by atoms with van der Waals surface area (Å²) in [6.45, 7) is 0.880. The topological polar surface area (TPSA) is 26.0 Å². The van der Waals surface area contributed by atoms with E-state index in [9.17, 15) is 0 Å². The minimum atomic E-state index is 0.829. The van der Waals surface area contributed by atoms with Gasteiger partial charge in [0.15, 0.2) is 0 Å². The first kappa shape index (κ1) is 15.8. The van der Waals surface area contributed by atoms with Crippen LogP contribution in [0.15, 0.2) is 0 Å². The predicted molar refractivity (Wildman–Crippen MR) is 91.2 cm³/mol. The minimum absolute atomic E-state index is 0.829. The molecule has 4 aliphatic carbocycles. The van der Waals surface area contributed by atoms with Gasteiger partial charge in [-0.25, -0.2) is 0 Å². The fourth-order valence-corrected chi connectivity index (χ4v) is 6.30. The average Bonchev–Trinajstić information content (AvgIpc) is 2.44. The van der Waals surface area contributed by atoms with E-state index >= 15 is 0 Å². The Morgan fingerprint density at radius 3 is 1.52 bits per heavy atom. The van der Waals surface area contributed by atoms with Crippen LogP contribution in [0.25, 0.3) is 0 Å². The highest BCUT2D eigenvalue weighted by Crippen LogP contribution is 2.61. The molecule has 0 atom stereocenters. The second-order valence-electron chi connectivity index (χ2n) is 8.78. The Bertz CT molecular complexity index is 274. The Balaban J connectivity index is 1.26. The second-order valence-corrected chi connectivity index (χ2v) is 8.78. The zero-order valence-electron chi connectivity index (χ0n) is 14.1. The van der Waals surface area contributed by atoms with Crippen molar-refractivity contribution in [3.8, 4) is 0 Å². The highest BCUT2D eigenvalue weighted by molar-refractivity contribution is 5.01. The first-order valence-corrected chi connectivity index (χ1v) is 10.00. The Morgan fingerprint density at radius 1 is 0.619 bits per heavy atom. The molecule has 0 heterocycles. The van der Waals surface area contributed by atoms with Crippen LogP contribution in [0.4, 0.5) is 0 Å². The smallest absolute Gasteiger partial charge is 0.00773 e. The molecule has 2 N–H and O–H groups in total. The van der Waals surface area contributed by atoms with Crippen LogP contribution in [0.5, 0.6) is 0 Å². The summed E-state index contributed by atoms with van der Waals surface area (Å²) in [6.07, 6.45) is 22.6. The summed E-state index contributed by atoms with van der Waals surface area (Å²) in [5.41, 5.74) is 6.36. The van der Waals surface area contributed by atoms with Crippen molar-refractivity contribution < 1.29 is 0 Å². The van der Waals surface area contributed by atoms with E-state index < -0.39 is 0 Å². The normalized spacial score (nSPS) is 37.3. The Morgan fingerprint density at radius 2 is 1.05 bits per heavy atom. The maximum Gasteiger partial charge on any atom is -0.00773 e. The van der Waals surface area contributed by atoms with Gasteiger partial charge in [-0.3, -0.25) is 0 Å². The van der Waals surface area contributed by atoms with Crippen molar-refractivity contribution in [1.82, 2.24) is 0 Å². The molecule has 1 heteroatoms. The Labute approximate surface area is 132 Å². The van der Waals surface area contributed by atoms with Gasteiger partial charge in [0.25, 0.3) is 0 Å². The molecule has 4 fully saturated rings. The standard InChI is InChI=1S/C20H37N/c21-10-8-6-4-2-1-3-5-7-9-20-14-17-11-18(15-20)13-19(12-17)16-20/h17-19H,1-16,21H2. The first-order chi connectivity index (χ1) is 10.3. The van der Waals surface area contributed by atoms with Gasteiger partial charge in [-0.1, -0.05) is 44.9 Å². The van der Waals surface area contributed by atoms with Gasteiger partial charge >= 0.3 is 0 Å². The van der Waals surface area contributed by atoms with Crippen LogP contribution in [-0.2, 0) is 0 Å². The SMILES string of the molecule is NCCCCCCCCCCC12CC3CC(CC(C3)C1)C2. The van der Waals surface area contributed by atoms with Gasteiger partial charge in [0.05, 0.1) is 0 Å². The van der Waals surface area contributed by atoms with Crippen LogP contribution < -0.4 is 5.73 Å². The lowest BCUT2D eigenvalue weighted by Crippen LogP contribution is -2.45. The fraction of sp³-hybridized carbons (Fsp3) is 1.00. The molecule has 0 aromatic rings. The lowest BCUT2D eigenvalue weighted by molar-refractivity contribution is -0.0583. The monoisotopic (exact) mass is 291 g/mol. The molecule has 0 saturated heterocycles. The summed E-state index contributed by atoms with van der Waals surface area (Å²) in [4.78, 5) is 0. The number of nitrogens with two attached hydrogens (primary N) is 1. The summed E-state index contributed by atoms with van der Waals surface area (Å²) in [5.74, 6) is 3.41. The van der Waals surface area contributed by atoms with E-state index in [0.717, 1.165) is 29.7 Å². The summed E-state index contributed by atoms with van der Waals surface area (Å²) in [7, 11) is 0. The molecule has 0 amide bonds. The van der Waals surface area contributed by atoms with Crippen molar-refractivity contribution in [3.05, 3.63) is 0 Å². The third-order valence-electron chi connectivity index (χ3n) is 6.83. The van der Waals surface area contributed by atoms with Gasteiger partial charge in [0, 0.05) is 0 Å². The van der Waals surface area contributed by atoms with E-state index in [1.165, 1.54) is 51.4 Å². The zero-order valence-corrected chi connectivity index (χ0v) is 14.1. The molecule has 0 unspecified atom stereocenters. The second kappa shape index (κ2) is 7.49. The molecule has 0 spiro atoms. The number of rotatable bonds is 10. The fourth-order valence-electron chi connectivity index (χ4n) is 6.30. The first-order valence-electron chi connectivity index (χ1n) is 10.00. The van der Waals surface area contributed by atoms with Gasteiger partial charge in [0.1, 0.15) is 0 Å². The third-order valence-corrected chi connectivity index (χ3v) is 6.83. The molecular weight excluding hydrogens is 254 g/mol. The summed E-state index contributed by atoms with van der Waals surface area (Å²) < 4.78 is 0. The van der Waals surface area contributed by atoms with E-state index in [2.05, 4.69) is 0 Å². The van der Waals surface area contributed by atoms with E-state index in [1.807, 2.05) is 0 Å². The number of hydrogen-bond donors (Lipinski definition) is 1. The molecule has 4 aliphatic rings. The summed E-state index contributed by atoms with van der Waals surface area (Å²) in [5, 5.41) is 0. The van der Waals surface area contributed by atoms with Crippen molar-refractivity contribution in [3.63, 3.8) is 0 Å². The molecule has 0 radical (unpaired) electrons. The van der Waals surface area contributed by atoms with Gasteiger partial charge < -0.3 is 5.73 Å². The quantitative estimate of drug-likeness (QED) is 0.515. The maximum absolute atomic E-state index is 5.53. The van der Waals surface area contributed by atoms with Gasteiger partial charge in [-0.05, 0) is 81.1 Å². The van der Waals surface area contributed by atoms with Crippen LogP contribution in [-0.4, -0.2) is 6.54 Å². The predicted octanol–water partition coefficient (Wildman–Crippen LogP) is 5.67. The van der Waals surface area contributed by atoms with Crippen molar-refractivity contribution in [2.75, 3.05) is 6.54 Å². The van der Waals surface area contributed by atoms with Gasteiger partial charge in [0.2, 0.25) is 0 Å². The Hall–Kier alpha value is -0.0400. The van der Waals surface area contributed by atoms with Crippen LogP contribution in [0, 0.1) is 23.2 Å². The molecule has 4 saturated carbocycles. The number of hydrogen-bond acceptors (Lipinski definition) is 1. The van der Waals surface area contributed by atoms with Crippen LogP contribution >= 0.6 is 0 Å².